The molecule has 4 aromatic rings. The van der Waals surface area contributed by atoms with Crippen molar-refractivity contribution in [1.82, 2.24) is 9.88 Å². The molecular formula is C31H30ClN3O3. The van der Waals surface area contributed by atoms with E-state index >= 15 is 0 Å². The summed E-state index contributed by atoms with van der Waals surface area (Å²) >= 11 is 5.96. The van der Waals surface area contributed by atoms with Gasteiger partial charge in [-0.1, -0.05) is 35.0 Å². The third-order valence-electron chi connectivity index (χ3n) is 7.65. The number of benzene rings is 2. The molecule has 0 amide bonds. The van der Waals surface area contributed by atoms with Crippen molar-refractivity contribution in [3.05, 3.63) is 95.0 Å². The molecule has 2 aliphatic rings. The maximum atomic E-state index is 9.32. The van der Waals surface area contributed by atoms with E-state index in [9.17, 15) is 5.21 Å². The average molecular weight is 528 g/mol. The number of aryl methyl sites for hydroxylation is 1. The third-order valence-corrected chi connectivity index (χ3v) is 7.90. The van der Waals surface area contributed by atoms with Crippen molar-refractivity contribution in [2.75, 3.05) is 26.2 Å². The number of furan rings is 1. The Bertz CT molecular complexity index is 1420. The monoisotopic (exact) mass is 527 g/mol. The molecule has 6 rings (SSSR count). The molecule has 194 valence electrons. The first-order valence-corrected chi connectivity index (χ1v) is 13.5. The lowest BCUT2D eigenvalue weighted by atomic mass is 9.93. The first kappa shape index (κ1) is 24.7. The van der Waals surface area contributed by atoms with Crippen LogP contribution in [0.15, 0.2) is 82.6 Å². The minimum absolute atomic E-state index is 0.375. The number of likely N-dealkylation sites (tertiary alicyclic amines) is 1. The second-order valence-corrected chi connectivity index (χ2v) is 10.4. The van der Waals surface area contributed by atoms with Crippen molar-refractivity contribution in [1.29, 1.82) is 0 Å². The molecule has 3 heterocycles. The Balaban J connectivity index is 1.17. The predicted molar refractivity (Wildman–Crippen MR) is 149 cm³/mol. The van der Waals surface area contributed by atoms with Crippen LogP contribution in [-0.4, -0.2) is 47.0 Å². The van der Waals surface area contributed by atoms with E-state index in [1.165, 1.54) is 5.56 Å². The number of aromatic nitrogens is 1. The van der Waals surface area contributed by atoms with Gasteiger partial charge in [-0.25, -0.2) is 0 Å². The first-order valence-electron chi connectivity index (χ1n) is 13.2. The van der Waals surface area contributed by atoms with Gasteiger partial charge in [0.15, 0.2) is 0 Å². The minimum Gasteiger partial charge on any atom is -0.492 e. The number of hydrogen-bond donors (Lipinski definition) is 1. The second kappa shape index (κ2) is 11.0. The number of hydrogen-bond acceptors (Lipinski definition) is 6. The van der Waals surface area contributed by atoms with E-state index in [0.29, 0.717) is 17.5 Å². The summed E-state index contributed by atoms with van der Waals surface area (Å²) < 4.78 is 12.5. The SMILES string of the molecule is O/N=C1/CCc2cc(-c3cc(C4CCN(CCOc5ccc(Cl)cc5)CC4)oc3-c3ccncc3)ccc21. The molecule has 1 aliphatic heterocycles. The van der Waals surface area contributed by atoms with Crippen molar-refractivity contribution in [3.63, 3.8) is 0 Å². The van der Waals surface area contributed by atoms with Crippen molar-refractivity contribution in [3.8, 4) is 28.2 Å². The quantitative estimate of drug-likeness (QED) is 0.206. The van der Waals surface area contributed by atoms with Gasteiger partial charge in [0.2, 0.25) is 0 Å². The van der Waals surface area contributed by atoms with Crippen LogP contribution in [0, 0.1) is 0 Å². The summed E-state index contributed by atoms with van der Waals surface area (Å²) in [6.45, 7) is 3.58. The van der Waals surface area contributed by atoms with Gasteiger partial charge in [0, 0.05) is 46.6 Å². The van der Waals surface area contributed by atoms with Gasteiger partial charge in [-0.05, 0) is 92.4 Å². The molecule has 6 nitrogen and oxygen atoms in total. The zero-order valence-electron chi connectivity index (χ0n) is 21.1. The van der Waals surface area contributed by atoms with E-state index in [-0.39, 0.29) is 0 Å². The van der Waals surface area contributed by atoms with Crippen LogP contribution in [-0.2, 0) is 6.42 Å². The summed E-state index contributed by atoms with van der Waals surface area (Å²) in [4.78, 5) is 6.65. The summed E-state index contributed by atoms with van der Waals surface area (Å²) in [5, 5.41) is 13.5. The van der Waals surface area contributed by atoms with Crippen LogP contribution >= 0.6 is 11.6 Å². The van der Waals surface area contributed by atoms with Gasteiger partial charge in [-0.15, -0.1) is 0 Å². The Kier molecular flexibility index (Phi) is 7.16. The Morgan fingerprint density at radius 1 is 0.947 bits per heavy atom. The van der Waals surface area contributed by atoms with Crippen molar-refractivity contribution in [2.24, 2.45) is 5.16 Å². The molecule has 7 heteroatoms. The maximum Gasteiger partial charge on any atom is 0.142 e. The smallest absolute Gasteiger partial charge is 0.142 e. The molecule has 1 saturated heterocycles. The van der Waals surface area contributed by atoms with Crippen molar-refractivity contribution in [2.45, 2.75) is 31.6 Å². The Morgan fingerprint density at radius 2 is 1.74 bits per heavy atom. The number of piperidine rings is 1. The molecule has 2 aromatic heterocycles. The van der Waals surface area contributed by atoms with Crippen molar-refractivity contribution >= 4 is 17.3 Å². The highest BCUT2D eigenvalue weighted by Crippen LogP contribution is 2.41. The molecule has 1 fully saturated rings. The molecule has 0 radical (unpaired) electrons. The molecular weight excluding hydrogens is 498 g/mol. The van der Waals surface area contributed by atoms with Crippen LogP contribution in [0.25, 0.3) is 22.5 Å². The fourth-order valence-corrected chi connectivity index (χ4v) is 5.68. The predicted octanol–water partition coefficient (Wildman–Crippen LogP) is 7.04. The fourth-order valence-electron chi connectivity index (χ4n) is 5.55. The lowest BCUT2D eigenvalue weighted by molar-refractivity contribution is 0.168. The van der Waals surface area contributed by atoms with Crippen LogP contribution in [0.3, 0.4) is 0 Å². The fraction of sp³-hybridized carbons (Fsp3) is 0.290. The van der Waals surface area contributed by atoms with Gasteiger partial charge in [0.1, 0.15) is 23.9 Å². The molecule has 38 heavy (non-hydrogen) atoms. The van der Waals surface area contributed by atoms with Gasteiger partial charge in [-0.2, -0.15) is 0 Å². The van der Waals surface area contributed by atoms with Crippen LogP contribution in [0.1, 0.15) is 42.1 Å². The summed E-state index contributed by atoms with van der Waals surface area (Å²) in [6.07, 6.45) is 7.36. The third kappa shape index (κ3) is 5.19. The zero-order chi connectivity index (χ0) is 25.9. The Morgan fingerprint density at radius 3 is 2.50 bits per heavy atom. The number of ether oxygens (including phenoxy) is 1. The zero-order valence-corrected chi connectivity index (χ0v) is 21.9. The summed E-state index contributed by atoms with van der Waals surface area (Å²) in [5.41, 5.74) is 6.27. The van der Waals surface area contributed by atoms with Crippen LogP contribution < -0.4 is 4.74 Å². The van der Waals surface area contributed by atoms with E-state index in [1.807, 2.05) is 36.4 Å². The highest BCUT2D eigenvalue weighted by molar-refractivity contribution is 6.30. The van der Waals surface area contributed by atoms with E-state index < -0.39 is 0 Å². The number of nitrogens with zero attached hydrogens (tertiary/aromatic N) is 3. The summed E-state index contributed by atoms with van der Waals surface area (Å²) in [6, 6.07) is 20.1. The van der Waals surface area contributed by atoms with E-state index in [1.54, 1.807) is 12.4 Å². The van der Waals surface area contributed by atoms with E-state index in [4.69, 9.17) is 20.8 Å². The molecule has 0 spiro atoms. The number of fused-ring (bicyclic) bond motifs is 1. The van der Waals surface area contributed by atoms with Gasteiger partial charge >= 0.3 is 0 Å². The van der Waals surface area contributed by atoms with Gasteiger partial charge in [-0.3, -0.25) is 9.88 Å². The summed E-state index contributed by atoms with van der Waals surface area (Å²) in [7, 11) is 0. The van der Waals surface area contributed by atoms with E-state index in [2.05, 4.69) is 39.3 Å². The number of halogens is 1. The Labute approximate surface area is 227 Å². The number of pyridine rings is 1. The van der Waals surface area contributed by atoms with Gasteiger partial charge in [0.05, 0.1) is 5.71 Å². The molecule has 2 aromatic carbocycles. The largest absolute Gasteiger partial charge is 0.492 e. The molecule has 0 bridgehead atoms. The van der Waals surface area contributed by atoms with E-state index in [0.717, 1.165) is 90.6 Å². The molecule has 1 N–H and O–H groups in total. The second-order valence-electron chi connectivity index (χ2n) is 9.96. The molecule has 0 saturated carbocycles. The van der Waals surface area contributed by atoms with Crippen molar-refractivity contribution < 1.29 is 14.4 Å². The molecule has 0 atom stereocenters. The number of rotatable bonds is 7. The van der Waals surface area contributed by atoms with Gasteiger partial charge < -0.3 is 14.4 Å². The minimum atomic E-state index is 0.375. The van der Waals surface area contributed by atoms with Crippen LogP contribution in [0.4, 0.5) is 0 Å². The highest BCUT2D eigenvalue weighted by Gasteiger charge is 2.26. The lowest BCUT2D eigenvalue weighted by Crippen LogP contribution is -2.35. The van der Waals surface area contributed by atoms with Crippen LogP contribution in [0.5, 0.6) is 5.75 Å². The number of oxime groups is 1. The van der Waals surface area contributed by atoms with Crippen LogP contribution in [0.2, 0.25) is 5.02 Å². The Hall–Kier alpha value is -3.61. The average Bonchev–Trinajstić information content (AvgIpc) is 3.59. The maximum absolute atomic E-state index is 9.32. The lowest BCUT2D eigenvalue weighted by Gasteiger charge is -2.30. The first-order chi connectivity index (χ1) is 18.7. The van der Waals surface area contributed by atoms with Gasteiger partial charge in [0.25, 0.3) is 0 Å². The topological polar surface area (TPSA) is 71.1 Å². The summed E-state index contributed by atoms with van der Waals surface area (Å²) in [5.74, 6) is 3.15. The standard InChI is InChI=1S/C31H30ClN3O3/c32-25-3-5-26(6-4-25)37-18-17-35-15-11-21(12-16-35)30-20-28(31(38-30)22-9-13-33-14-10-22)24-1-7-27-23(19-24)2-8-29(27)34-36/h1,3-7,9-10,13-14,19-21,36H,2,8,11-12,15-18H2/b34-29-. The normalized spacial score (nSPS) is 17.1. The molecule has 0 unspecified atom stereocenters. The highest BCUT2D eigenvalue weighted by atomic mass is 35.5. The molecule has 1 aliphatic carbocycles.